The molecular weight excluding hydrogens is 434 g/mol. The lowest BCUT2D eigenvalue weighted by Gasteiger charge is -2.01. The molecule has 10 heteroatoms. The average Bonchev–Trinajstić information content (AvgIpc) is 3.18. The predicted octanol–water partition coefficient (Wildman–Crippen LogP) is 4.51. The molecule has 0 spiro atoms. The highest BCUT2D eigenvalue weighted by atomic mass is 35.5. The molecule has 0 radical (unpaired) electrons. The van der Waals surface area contributed by atoms with Crippen LogP contribution in [-0.4, -0.2) is 32.6 Å². The molecular formula is C18H16ClN5OS3. The number of thioether (sulfide) groups is 2. The van der Waals surface area contributed by atoms with Crippen LogP contribution in [0.3, 0.4) is 0 Å². The normalized spacial score (nSPS) is 11.4. The van der Waals surface area contributed by atoms with Crippen LogP contribution in [0.15, 0.2) is 62.6 Å². The Hall–Kier alpha value is -1.94. The second-order valence-electron chi connectivity index (χ2n) is 5.47. The molecule has 0 saturated carbocycles. The number of hydrogen-bond donors (Lipinski definition) is 1. The SMILES string of the molecule is C/C(=N\NC(=O)CSc1nnc(SCc2ccccc2Cl)s1)c1ccncc1. The first-order valence-electron chi connectivity index (χ1n) is 8.18. The summed E-state index contributed by atoms with van der Waals surface area (Å²) < 4.78 is 1.58. The monoisotopic (exact) mass is 449 g/mol. The van der Waals surface area contributed by atoms with E-state index >= 15 is 0 Å². The molecule has 28 heavy (non-hydrogen) atoms. The molecule has 144 valence electrons. The molecule has 0 aliphatic heterocycles. The van der Waals surface area contributed by atoms with E-state index in [-0.39, 0.29) is 11.7 Å². The Morgan fingerprint density at radius 3 is 2.61 bits per heavy atom. The maximum absolute atomic E-state index is 12.0. The number of hydrazone groups is 1. The van der Waals surface area contributed by atoms with Crippen molar-refractivity contribution >= 4 is 58.1 Å². The number of aromatic nitrogens is 3. The number of nitrogens with zero attached hydrogens (tertiary/aromatic N) is 4. The average molecular weight is 450 g/mol. The smallest absolute Gasteiger partial charge is 0.250 e. The largest absolute Gasteiger partial charge is 0.272 e. The summed E-state index contributed by atoms with van der Waals surface area (Å²) in [7, 11) is 0. The van der Waals surface area contributed by atoms with Crippen LogP contribution < -0.4 is 5.43 Å². The van der Waals surface area contributed by atoms with Gasteiger partial charge in [-0.25, -0.2) is 5.43 Å². The number of halogens is 1. The number of nitrogens with one attached hydrogen (secondary N) is 1. The Balaban J connectivity index is 1.45. The first kappa shape index (κ1) is 20.8. The summed E-state index contributed by atoms with van der Waals surface area (Å²) in [4.78, 5) is 15.9. The van der Waals surface area contributed by atoms with Crippen LogP contribution in [0.2, 0.25) is 5.02 Å². The van der Waals surface area contributed by atoms with Gasteiger partial charge in [0.15, 0.2) is 8.68 Å². The van der Waals surface area contributed by atoms with Crippen molar-refractivity contribution in [2.45, 2.75) is 21.4 Å². The second kappa shape index (κ2) is 10.6. The van der Waals surface area contributed by atoms with E-state index in [0.717, 1.165) is 36.3 Å². The number of benzene rings is 1. The van der Waals surface area contributed by atoms with Gasteiger partial charge in [-0.2, -0.15) is 5.10 Å². The third kappa shape index (κ3) is 6.30. The number of pyridine rings is 1. The van der Waals surface area contributed by atoms with Gasteiger partial charge in [-0.3, -0.25) is 9.78 Å². The third-order valence-electron chi connectivity index (χ3n) is 3.47. The summed E-state index contributed by atoms with van der Waals surface area (Å²) in [6.45, 7) is 1.83. The number of amides is 1. The summed E-state index contributed by atoms with van der Waals surface area (Å²) in [5.41, 5.74) is 5.24. The van der Waals surface area contributed by atoms with Crippen LogP contribution in [0.1, 0.15) is 18.1 Å². The number of carbonyl (C=O) groups excluding carboxylic acids is 1. The van der Waals surface area contributed by atoms with E-state index in [1.165, 1.54) is 23.1 Å². The van der Waals surface area contributed by atoms with Crippen molar-refractivity contribution in [2.75, 3.05) is 5.75 Å². The van der Waals surface area contributed by atoms with E-state index in [1.807, 2.05) is 43.3 Å². The van der Waals surface area contributed by atoms with Crippen LogP contribution in [0.4, 0.5) is 0 Å². The van der Waals surface area contributed by atoms with Crippen LogP contribution in [0, 0.1) is 0 Å². The lowest BCUT2D eigenvalue weighted by atomic mass is 10.2. The van der Waals surface area contributed by atoms with Crippen molar-refractivity contribution in [3.05, 3.63) is 64.9 Å². The van der Waals surface area contributed by atoms with E-state index in [1.54, 1.807) is 24.2 Å². The predicted molar refractivity (Wildman–Crippen MR) is 116 cm³/mol. The number of hydrogen-bond acceptors (Lipinski definition) is 8. The molecule has 3 aromatic rings. The Kier molecular flexibility index (Phi) is 7.84. The van der Waals surface area contributed by atoms with Crippen molar-refractivity contribution in [1.29, 1.82) is 0 Å². The fraction of sp³-hybridized carbons (Fsp3) is 0.167. The molecule has 0 unspecified atom stereocenters. The van der Waals surface area contributed by atoms with E-state index in [4.69, 9.17) is 11.6 Å². The Morgan fingerprint density at radius 1 is 1.14 bits per heavy atom. The molecule has 0 fully saturated rings. The molecule has 1 N–H and O–H groups in total. The van der Waals surface area contributed by atoms with Gasteiger partial charge in [-0.1, -0.05) is 64.7 Å². The lowest BCUT2D eigenvalue weighted by molar-refractivity contribution is -0.118. The minimum atomic E-state index is -0.195. The fourth-order valence-corrected chi connectivity index (χ4v) is 5.13. The van der Waals surface area contributed by atoms with Crippen LogP contribution >= 0.6 is 46.5 Å². The number of rotatable bonds is 8. The standard InChI is InChI=1S/C18H16ClN5OS3/c1-12(13-6-8-20-9-7-13)21-22-16(25)11-27-18-24-23-17(28-18)26-10-14-4-2-3-5-15(14)19/h2-9H,10-11H2,1H3,(H,22,25)/b21-12+. The summed E-state index contributed by atoms with van der Waals surface area (Å²) in [5, 5.41) is 13.1. The Morgan fingerprint density at radius 2 is 1.86 bits per heavy atom. The lowest BCUT2D eigenvalue weighted by Crippen LogP contribution is -2.21. The molecule has 1 aromatic carbocycles. The van der Waals surface area contributed by atoms with Crippen molar-refractivity contribution < 1.29 is 4.79 Å². The number of carbonyl (C=O) groups is 1. The summed E-state index contributed by atoms with van der Waals surface area (Å²) >= 11 is 10.5. The van der Waals surface area contributed by atoms with E-state index < -0.39 is 0 Å². The summed E-state index contributed by atoms with van der Waals surface area (Å²) in [6, 6.07) is 11.4. The first-order chi connectivity index (χ1) is 13.6. The van der Waals surface area contributed by atoms with E-state index in [2.05, 4.69) is 25.7 Å². The van der Waals surface area contributed by atoms with Crippen LogP contribution in [0.5, 0.6) is 0 Å². The highest BCUT2D eigenvalue weighted by Gasteiger charge is 2.09. The minimum absolute atomic E-state index is 0.195. The molecule has 0 saturated heterocycles. The quantitative estimate of drug-likeness (QED) is 0.309. The zero-order valence-corrected chi connectivity index (χ0v) is 18.0. The highest BCUT2D eigenvalue weighted by Crippen LogP contribution is 2.32. The zero-order chi connectivity index (χ0) is 19.8. The molecule has 1 amide bonds. The van der Waals surface area contributed by atoms with Crippen molar-refractivity contribution in [2.24, 2.45) is 5.10 Å². The molecule has 6 nitrogen and oxygen atoms in total. The molecule has 0 aliphatic carbocycles. The molecule has 2 heterocycles. The van der Waals surface area contributed by atoms with Gasteiger partial charge in [0.05, 0.1) is 11.5 Å². The molecule has 0 aliphatic rings. The fourth-order valence-electron chi connectivity index (χ4n) is 2.03. The zero-order valence-electron chi connectivity index (χ0n) is 14.8. The third-order valence-corrected chi connectivity index (χ3v) is 7.08. The van der Waals surface area contributed by atoms with Crippen molar-refractivity contribution in [1.82, 2.24) is 20.6 Å². The van der Waals surface area contributed by atoms with E-state index in [0.29, 0.717) is 0 Å². The van der Waals surface area contributed by atoms with Gasteiger partial charge in [0.1, 0.15) is 0 Å². The highest BCUT2D eigenvalue weighted by molar-refractivity contribution is 8.03. The molecule has 0 bridgehead atoms. The van der Waals surface area contributed by atoms with Gasteiger partial charge in [-0.05, 0) is 30.7 Å². The van der Waals surface area contributed by atoms with Gasteiger partial charge in [0, 0.05) is 28.7 Å². The first-order valence-corrected chi connectivity index (χ1v) is 11.3. The molecule has 2 aromatic heterocycles. The maximum atomic E-state index is 12.0. The van der Waals surface area contributed by atoms with Gasteiger partial charge in [0.25, 0.3) is 5.91 Å². The molecule has 0 atom stereocenters. The topological polar surface area (TPSA) is 80.1 Å². The Labute approximate surface area is 180 Å². The summed E-state index contributed by atoms with van der Waals surface area (Å²) in [5.74, 6) is 0.748. The van der Waals surface area contributed by atoms with Crippen molar-refractivity contribution in [3.8, 4) is 0 Å². The van der Waals surface area contributed by atoms with Crippen LogP contribution in [-0.2, 0) is 10.5 Å². The maximum Gasteiger partial charge on any atom is 0.250 e. The molecule has 3 rings (SSSR count). The van der Waals surface area contributed by atoms with Gasteiger partial charge in [0.2, 0.25) is 0 Å². The second-order valence-corrected chi connectivity index (χ2v) is 9.30. The van der Waals surface area contributed by atoms with Gasteiger partial charge >= 0.3 is 0 Å². The Bertz CT molecular complexity index is 965. The van der Waals surface area contributed by atoms with Crippen molar-refractivity contribution in [3.63, 3.8) is 0 Å². The minimum Gasteiger partial charge on any atom is -0.272 e. The van der Waals surface area contributed by atoms with Gasteiger partial charge < -0.3 is 0 Å². The van der Waals surface area contributed by atoms with E-state index in [9.17, 15) is 4.79 Å². The summed E-state index contributed by atoms with van der Waals surface area (Å²) in [6.07, 6.45) is 3.37. The van der Waals surface area contributed by atoms with Gasteiger partial charge in [-0.15, -0.1) is 10.2 Å². The van der Waals surface area contributed by atoms with Crippen LogP contribution in [0.25, 0.3) is 0 Å².